The van der Waals surface area contributed by atoms with E-state index >= 15 is 0 Å². The normalized spacial score (nSPS) is 12.8. The molecule has 1 atom stereocenters. The first-order valence-electron chi connectivity index (χ1n) is 8.29. The average molecular weight is 334 g/mol. The van der Waals surface area contributed by atoms with Crippen molar-refractivity contribution in [3.8, 4) is 0 Å². The third-order valence-electron chi connectivity index (χ3n) is 4.10. The van der Waals surface area contributed by atoms with Crippen LogP contribution in [0.5, 0.6) is 0 Å². The largest absolute Gasteiger partial charge is 0.327 e. The van der Waals surface area contributed by atoms with Crippen molar-refractivity contribution in [3.05, 3.63) is 108 Å². The first-order chi connectivity index (χ1) is 11.7. The van der Waals surface area contributed by atoms with Gasteiger partial charge >= 0.3 is 0 Å². The first kappa shape index (κ1) is 16.8. The maximum Gasteiger partial charge on any atom is 0.0907 e. The molecule has 0 bridgehead atoms. The fourth-order valence-corrected chi connectivity index (χ4v) is 4.45. The molecule has 0 aliphatic rings. The first-order valence-corrected chi connectivity index (χ1v) is 9.28. The molecule has 0 spiro atoms. The minimum atomic E-state index is -0.253. The predicted octanol–water partition coefficient (Wildman–Crippen LogP) is 5.06. The van der Waals surface area contributed by atoms with Crippen molar-refractivity contribution in [1.82, 2.24) is 0 Å². The van der Waals surface area contributed by atoms with Gasteiger partial charge in [0.1, 0.15) is 0 Å². The third-order valence-corrected chi connectivity index (χ3v) is 5.94. The zero-order valence-electron chi connectivity index (χ0n) is 13.9. The van der Waals surface area contributed by atoms with Gasteiger partial charge in [-0.3, -0.25) is 0 Å². The number of nitrogens with two attached hydrogens (primary N) is 1. The Hall–Kier alpha value is -2.03. The lowest BCUT2D eigenvalue weighted by molar-refractivity contribution is 0.828. The minimum Gasteiger partial charge on any atom is -0.327 e. The average Bonchev–Trinajstić information content (AvgIpc) is 2.65. The Bertz CT molecular complexity index is 642. The van der Waals surface area contributed by atoms with Gasteiger partial charge in [-0.1, -0.05) is 91.0 Å². The van der Waals surface area contributed by atoms with E-state index in [0.29, 0.717) is 0 Å². The molecule has 1 unspecified atom stereocenters. The molecule has 0 heterocycles. The van der Waals surface area contributed by atoms with E-state index < -0.39 is 0 Å². The summed E-state index contributed by atoms with van der Waals surface area (Å²) in [6, 6.07) is 32.3. The molecule has 24 heavy (non-hydrogen) atoms. The van der Waals surface area contributed by atoms with Gasteiger partial charge in [0, 0.05) is 11.8 Å². The molecule has 1 nitrogen and oxygen atoms in total. The van der Waals surface area contributed by atoms with E-state index in [1.165, 1.54) is 16.7 Å². The van der Waals surface area contributed by atoms with E-state index in [-0.39, 0.29) is 10.8 Å². The predicted molar refractivity (Wildman–Crippen MR) is 105 cm³/mol. The lowest BCUT2D eigenvalue weighted by Gasteiger charge is -2.36. The van der Waals surface area contributed by atoms with Crippen molar-refractivity contribution in [2.75, 3.05) is 5.75 Å². The van der Waals surface area contributed by atoms with Gasteiger partial charge in [-0.2, -0.15) is 0 Å². The molecule has 0 amide bonds. The molecule has 3 rings (SSSR count). The molecule has 0 fully saturated rings. The summed E-state index contributed by atoms with van der Waals surface area (Å²) < 4.78 is -0.253. The molecule has 3 aromatic rings. The fourth-order valence-electron chi connectivity index (χ4n) is 3.03. The van der Waals surface area contributed by atoms with Gasteiger partial charge in [0.05, 0.1) is 4.75 Å². The van der Waals surface area contributed by atoms with Crippen LogP contribution in [-0.4, -0.2) is 11.8 Å². The highest BCUT2D eigenvalue weighted by Gasteiger charge is 2.36. The summed E-state index contributed by atoms with van der Waals surface area (Å²) in [5.41, 5.74) is 9.97. The van der Waals surface area contributed by atoms with Crippen molar-refractivity contribution in [3.63, 3.8) is 0 Å². The molecular weight excluding hydrogens is 310 g/mol. The monoisotopic (exact) mass is 333 g/mol. The highest BCUT2D eigenvalue weighted by atomic mass is 32.2. The van der Waals surface area contributed by atoms with Crippen LogP contribution in [0.15, 0.2) is 91.0 Å². The Morgan fingerprint density at radius 3 is 1.33 bits per heavy atom. The Morgan fingerprint density at radius 1 is 0.708 bits per heavy atom. The van der Waals surface area contributed by atoms with Gasteiger partial charge in [-0.15, -0.1) is 11.8 Å². The second kappa shape index (κ2) is 7.69. The smallest absolute Gasteiger partial charge is 0.0907 e. The molecule has 122 valence electrons. The maximum atomic E-state index is 6.11. The number of hydrogen-bond donors (Lipinski definition) is 1. The van der Waals surface area contributed by atoms with Crippen LogP contribution in [0.25, 0.3) is 0 Å². The Morgan fingerprint density at radius 2 is 1.04 bits per heavy atom. The molecule has 0 saturated carbocycles. The summed E-state index contributed by atoms with van der Waals surface area (Å²) in [5.74, 6) is 0.888. The van der Waals surface area contributed by atoms with Gasteiger partial charge in [0.25, 0.3) is 0 Å². The number of hydrogen-bond acceptors (Lipinski definition) is 2. The van der Waals surface area contributed by atoms with Crippen LogP contribution in [0.1, 0.15) is 23.6 Å². The minimum absolute atomic E-state index is 0.144. The van der Waals surface area contributed by atoms with Crippen molar-refractivity contribution in [2.24, 2.45) is 5.73 Å². The van der Waals surface area contributed by atoms with E-state index in [0.717, 1.165) is 5.75 Å². The molecule has 0 aromatic heterocycles. The van der Waals surface area contributed by atoms with Crippen molar-refractivity contribution >= 4 is 11.8 Å². The number of thioether (sulfide) groups is 1. The summed E-state index contributed by atoms with van der Waals surface area (Å²) in [5, 5.41) is 0. The number of rotatable bonds is 6. The zero-order chi connectivity index (χ0) is 16.8. The van der Waals surface area contributed by atoms with Gasteiger partial charge < -0.3 is 5.73 Å². The summed E-state index contributed by atoms with van der Waals surface area (Å²) in [6.45, 7) is 2.07. The van der Waals surface area contributed by atoms with E-state index in [2.05, 4.69) is 97.9 Å². The van der Waals surface area contributed by atoms with E-state index in [4.69, 9.17) is 5.73 Å². The molecule has 0 radical (unpaired) electrons. The molecule has 3 aromatic carbocycles. The summed E-state index contributed by atoms with van der Waals surface area (Å²) >= 11 is 1.91. The van der Waals surface area contributed by atoms with Gasteiger partial charge in [0.15, 0.2) is 0 Å². The second-order valence-corrected chi connectivity index (χ2v) is 7.30. The topological polar surface area (TPSA) is 26.0 Å². The maximum absolute atomic E-state index is 6.11. The highest BCUT2D eigenvalue weighted by Crippen LogP contribution is 2.48. The highest BCUT2D eigenvalue weighted by molar-refractivity contribution is 8.00. The van der Waals surface area contributed by atoms with Gasteiger partial charge in [0.2, 0.25) is 0 Å². The Kier molecular flexibility index (Phi) is 5.39. The van der Waals surface area contributed by atoms with Crippen LogP contribution in [-0.2, 0) is 4.75 Å². The summed E-state index contributed by atoms with van der Waals surface area (Å²) in [6.07, 6.45) is 0. The number of benzene rings is 3. The van der Waals surface area contributed by atoms with Crippen LogP contribution in [0.4, 0.5) is 0 Å². The molecular formula is C22H23NS. The van der Waals surface area contributed by atoms with E-state index in [1.54, 1.807) is 0 Å². The fraction of sp³-hybridized carbons (Fsp3) is 0.182. The van der Waals surface area contributed by atoms with Crippen LogP contribution in [0.3, 0.4) is 0 Å². The van der Waals surface area contributed by atoms with Crippen molar-refractivity contribution < 1.29 is 0 Å². The Labute approximate surface area is 148 Å². The molecule has 2 N–H and O–H groups in total. The lowest BCUT2D eigenvalue weighted by Crippen LogP contribution is -2.29. The Balaban J connectivity index is 2.24. The molecule has 0 saturated heterocycles. The zero-order valence-corrected chi connectivity index (χ0v) is 14.7. The summed E-state index contributed by atoms with van der Waals surface area (Å²) in [7, 11) is 0. The van der Waals surface area contributed by atoms with Crippen LogP contribution >= 0.6 is 11.8 Å². The van der Waals surface area contributed by atoms with E-state index in [1.807, 2.05) is 11.8 Å². The lowest BCUT2D eigenvalue weighted by atomic mass is 9.84. The standard InChI is InChI=1S/C22H23NS/c1-18(23)17-24-22(19-11-5-2-6-12-19,20-13-7-3-8-14-20)21-15-9-4-10-16-21/h2-16,18H,17,23H2,1H3. The second-order valence-electron chi connectivity index (χ2n) is 6.07. The third kappa shape index (κ3) is 3.40. The molecule has 0 aliphatic carbocycles. The van der Waals surface area contributed by atoms with E-state index in [9.17, 15) is 0 Å². The van der Waals surface area contributed by atoms with Crippen LogP contribution in [0.2, 0.25) is 0 Å². The van der Waals surface area contributed by atoms with Crippen molar-refractivity contribution in [2.45, 2.75) is 17.7 Å². The molecule has 0 aliphatic heterocycles. The van der Waals surface area contributed by atoms with Crippen LogP contribution in [0, 0.1) is 0 Å². The van der Waals surface area contributed by atoms with Crippen molar-refractivity contribution in [1.29, 1.82) is 0 Å². The van der Waals surface area contributed by atoms with Gasteiger partial charge in [-0.05, 0) is 23.6 Å². The molecule has 2 heteroatoms. The quantitative estimate of drug-likeness (QED) is 0.638. The van der Waals surface area contributed by atoms with Gasteiger partial charge in [-0.25, -0.2) is 0 Å². The SMILES string of the molecule is CC(N)CSC(c1ccccc1)(c1ccccc1)c1ccccc1. The summed E-state index contributed by atoms with van der Waals surface area (Å²) in [4.78, 5) is 0. The van der Waals surface area contributed by atoms with Crippen LogP contribution < -0.4 is 5.73 Å².